The maximum atomic E-state index is 13.2. The van der Waals surface area contributed by atoms with Gasteiger partial charge in [0, 0.05) is 6.04 Å². The zero-order chi connectivity index (χ0) is 21.7. The van der Waals surface area contributed by atoms with Crippen LogP contribution in [0, 0.1) is 5.92 Å². The van der Waals surface area contributed by atoms with Gasteiger partial charge in [0.2, 0.25) is 5.91 Å². The maximum absolute atomic E-state index is 13.2. The van der Waals surface area contributed by atoms with Crippen molar-refractivity contribution in [2.24, 2.45) is 5.92 Å². The fraction of sp³-hybridized carbons (Fsp3) is 0.609. The number of hydrogen-bond donors (Lipinski definition) is 2. The lowest BCUT2D eigenvalue weighted by molar-refractivity contribution is -0.151. The van der Waals surface area contributed by atoms with Crippen molar-refractivity contribution in [3.63, 3.8) is 0 Å². The Balaban J connectivity index is 0.00000341. The van der Waals surface area contributed by atoms with E-state index >= 15 is 0 Å². The van der Waals surface area contributed by atoms with Gasteiger partial charge in [0.05, 0.1) is 12.6 Å². The standard InChI is InChI=1S/C23H32N2O5.ClH/c1-3-30-23(29)18(13-12-16-8-5-4-6-9-16)24-15(2)21(26)25-19-11-7-10-17(19)14-20(25)22(27)28;/h4-6,8-9,15,17-20,24H,3,7,10-14H2,1-2H3,(H,27,28);1H/t15-,17-,18-,19-,20-;/m0./s1. The van der Waals surface area contributed by atoms with Crippen molar-refractivity contribution < 1.29 is 24.2 Å². The van der Waals surface area contributed by atoms with Crippen LogP contribution >= 0.6 is 12.4 Å². The largest absolute Gasteiger partial charge is 0.480 e. The smallest absolute Gasteiger partial charge is 0.326 e. The van der Waals surface area contributed by atoms with Crippen molar-refractivity contribution in [2.75, 3.05) is 6.61 Å². The number of amides is 1. The number of carboxylic acids is 1. The lowest BCUT2D eigenvalue weighted by Crippen LogP contribution is -2.55. The fourth-order valence-electron chi connectivity index (χ4n) is 4.89. The Hall–Kier alpha value is -2.12. The van der Waals surface area contributed by atoms with Crippen LogP contribution in [0.3, 0.4) is 0 Å². The van der Waals surface area contributed by atoms with Gasteiger partial charge in [0.25, 0.3) is 0 Å². The minimum atomic E-state index is -0.948. The van der Waals surface area contributed by atoms with Crippen LogP contribution in [-0.4, -0.2) is 58.6 Å². The number of carbonyl (C=O) groups is 3. The number of fused-ring (bicyclic) bond motifs is 1. The number of rotatable bonds is 9. The van der Waals surface area contributed by atoms with E-state index in [9.17, 15) is 19.5 Å². The van der Waals surface area contributed by atoms with Crippen molar-refractivity contribution in [1.29, 1.82) is 0 Å². The minimum absolute atomic E-state index is 0. The molecule has 7 nitrogen and oxygen atoms in total. The molecule has 2 aliphatic rings. The van der Waals surface area contributed by atoms with Crippen LogP contribution in [0.2, 0.25) is 0 Å². The van der Waals surface area contributed by atoms with E-state index in [1.807, 2.05) is 30.3 Å². The molecular formula is C23H33ClN2O5. The first-order chi connectivity index (χ1) is 14.4. The van der Waals surface area contributed by atoms with Crippen LogP contribution < -0.4 is 5.32 Å². The van der Waals surface area contributed by atoms with Crippen molar-refractivity contribution in [3.8, 4) is 0 Å². The molecule has 5 atom stereocenters. The Morgan fingerprint density at radius 2 is 1.94 bits per heavy atom. The third-order valence-corrected chi connectivity index (χ3v) is 6.33. The Kier molecular flexibility index (Phi) is 9.32. The quantitative estimate of drug-likeness (QED) is 0.559. The van der Waals surface area contributed by atoms with Gasteiger partial charge in [0.1, 0.15) is 12.1 Å². The summed E-state index contributed by atoms with van der Waals surface area (Å²) in [7, 11) is 0. The number of halogens is 1. The molecule has 0 bridgehead atoms. The highest BCUT2D eigenvalue weighted by Crippen LogP contribution is 2.41. The zero-order valence-corrected chi connectivity index (χ0v) is 19.0. The van der Waals surface area contributed by atoms with Crippen molar-refractivity contribution in [1.82, 2.24) is 10.2 Å². The molecule has 0 spiro atoms. The van der Waals surface area contributed by atoms with Gasteiger partial charge in [-0.05, 0) is 57.4 Å². The first-order valence-corrected chi connectivity index (χ1v) is 10.9. The number of esters is 1. The van der Waals surface area contributed by atoms with E-state index in [4.69, 9.17) is 4.74 Å². The van der Waals surface area contributed by atoms with Crippen LogP contribution in [-0.2, 0) is 25.5 Å². The zero-order valence-electron chi connectivity index (χ0n) is 18.2. The Morgan fingerprint density at radius 3 is 2.58 bits per heavy atom. The average Bonchev–Trinajstić information content (AvgIpc) is 3.32. The van der Waals surface area contributed by atoms with Gasteiger partial charge in [-0.15, -0.1) is 12.4 Å². The number of nitrogens with zero attached hydrogens (tertiary/aromatic N) is 1. The molecule has 172 valence electrons. The second-order valence-electron chi connectivity index (χ2n) is 8.31. The Bertz CT molecular complexity index is 760. The molecule has 3 rings (SSSR count). The molecule has 31 heavy (non-hydrogen) atoms. The molecule has 1 saturated carbocycles. The number of ether oxygens (including phenoxy) is 1. The lowest BCUT2D eigenvalue weighted by atomic mass is 10.0. The first kappa shape index (κ1) is 25.1. The summed E-state index contributed by atoms with van der Waals surface area (Å²) < 4.78 is 5.21. The van der Waals surface area contributed by atoms with E-state index < -0.39 is 24.1 Å². The van der Waals surface area contributed by atoms with Gasteiger partial charge in [-0.2, -0.15) is 0 Å². The van der Waals surface area contributed by atoms with Gasteiger partial charge in [-0.3, -0.25) is 14.9 Å². The summed E-state index contributed by atoms with van der Waals surface area (Å²) in [5.74, 6) is -1.31. The molecule has 1 saturated heterocycles. The predicted molar refractivity (Wildman–Crippen MR) is 119 cm³/mol. The van der Waals surface area contributed by atoms with E-state index in [-0.39, 0.29) is 42.9 Å². The topological polar surface area (TPSA) is 95.9 Å². The molecule has 2 fully saturated rings. The highest BCUT2D eigenvalue weighted by atomic mass is 35.5. The van der Waals surface area contributed by atoms with Crippen molar-refractivity contribution in [2.45, 2.75) is 76.5 Å². The molecule has 0 radical (unpaired) electrons. The molecule has 1 heterocycles. The fourth-order valence-corrected chi connectivity index (χ4v) is 4.89. The average molecular weight is 453 g/mol. The summed E-state index contributed by atoms with van der Waals surface area (Å²) >= 11 is 0. The van der Waals surface area contributed by atoms with Crippen LogP contribution in [0.4, 0.5) is 0 Å². The highest BCUT2D eigenvalue weighted by molar-refractivity contribution is 5.88. The molecule has 0 aromatic heterocycles. The molecule has 1 aromatic rings. The van der Waals surface area contributed by atoms with Crippen LogP contribution in [0.5, 0.6) is 0 Å². The van der Waals surface area contributed by atoms with E-state index in [0.29, 0.717) is 19.3 Å². The summed E-state index contributed by atoms with van der Waals surface area (Å²) in [5.41, 5.74) is 1.10. The summed E-state index contributed by atoms with van der Waals surface area (Å²) in [6.07, 6.45) is 4.54. The third kappa shape index (κ3) is 5.98. The monoisotopic (exact) mass is 452 g/mol. The number of benzene rings is 1. The first-order valence-electron chi connectivity index (χ1n) is 10.9. The van der Waals surface area contributed by atoms with Crippen LogP contribution in [0.1, 0.15) is 51.5 Å². The third-order valence-electron chi connectivity index (χ3n) is 6.33. The number of nitrogens with one attached hydrogen (secondary N) is 1. The number of carboxylic acid groups (broad SMARTS) is 1. The van der Waals surface area contributed by atoms with Gasteiger partial charge in [0.15, 0.2) is 0 Å². The normalized spacial score (nSPS) is 24.1. The lowest BCUT2D eigenvalue weighted by Gasteiger charge is -2.31. The van der Waals surface area contributed by atoms with E-state index in [1.54, 1.807) is 18.7 Å². The van der Waals surface area contributed by atoms with Crippen LogP contribution in [0.25, 0.3) is 0 Å². The number of aliphatic carboxylic acids is 1. The molecule has 0 unspecified atom stereocenters. The number of carbonyl (C=O) groups excluding carboxylic acids is 2. The number of aryl methyl sites for hydroxylation is 1. The Labute approximate surface area is 189 Å². The summed E-state index contributed by atoms with van der Waals surface area (Å²) in [5, 5.41) is 12.8. The predicted octanol–water partition coefficient (Wildman–Crippen LogP) is 2.81. The van der Waals surface area contributed by atoms with Gasteiger partial charge in [-0.25, -0.2) is 4.79 Å². The van der Waals surface area contributed by atoms with Gasteiger partial charge >= 0.3 is 11.9 Å². The minimum Gasteiger partial charge on any atom is -0.480 e. The molecule has 8 heteroatoms. The van der Waals surface area contributed by atoms with E-state index in [2.05, 4.69) is 5.32 Å². The van der Waals surface area contributed by atoms with Gasteiger partial charge in [-0.1, -0.05) is 36.8 Å². The molecule has 2 N–H and O–H groups in total. The molecule has 1 aliphatic carbocycles. The second kappa shape index (κ2) is 11.5. The SMILES string of the molecule is CCOC(=O)[C@H](CCc1ccccc1)N[C@@H](C)C(=O)N1[C@H](C(=O)O)C[C@@H]2CCC[C@@H]21.Cl. The molecule has 1 amide bonds. The van der Waals surface area contributed by atoms with Gasteiger partial charge < -0.3 is 14.7 Å². The Morgan fingerprint density at radius 1 is 1.23 bits per heavy atom. The van der Waals surface area contributed by atoms with Crippen molar-refractivity contribution >= 4 is 30.3 Å². The highest BCUT2D eigenvalue weighted by Gasteiger charge is 2.49. The number of hydrogen-bond acceptors (Lipinski definition) is 5. The number of likely N-dealkylation sites (tertiary alicyclic amines) is 1. The second-order valence-corrected chi connectivity index (χ2v) is 8.31. The molecule has 1 aliphatic heterocycles. The van der Waals surface area contributed by atoms with Crippen LogP contribution in [0.15, 0.2) is 30.3 Å². The van der Waals surface area contributed by atoms with E-state index in [1.165, 1.54) is 0 Å². The van der Waals surface area contributed by atoms with Crippen molar-refractivity contribution in [3.05, 3.63) is 35.9 Å². The van der Waals surface area contributed by atoms with E-state index in [0.717, 1.165) is 24.8 Å². The summed E-state index contributed by atoms with van der Waals surface area (Å²) in [6.45, 7) is 3.72. The maximum Gasteiger partial charge on any atom is 0.326 e. The molecule has 1 aromatic carbocycles. The summed E-state index contributed by atoms with van der Waals surface area (Å²) in [6, 6.07) is 7.76. The molecular weight excluding hydrogens is 420 g/mol. The summed E-state index contributed by atoms with van der Waals surface area (Å²) in [4.78, 5) is 39.1.